The van der Waals surface area contributed by atoms with Crippen molar-refractivity contribution in [1.82, 2.24) is 5.32 Å². The van der Waals surface area contributed by atoms with Gasteiger partial charge in [-0.1, -0.05) is 20.8 Å². The Kier molecular flexibility index (Phi) is 4.91. The zero-order valence-corrected chi connectivity index (χ0v) is 12.1. The lowest BCUT2D eigenvalue weighted by Gasteiger charge is -2.17. The Morgan fingerprint density at radius 1 is 1.19 bits per heavy atom. The summed E-state index contributed by atoms with van der Waals surface area (Å²) < 4.78 is 0. The number of benzene rings is 1. The van der Waals surface area contributed by atoms with Gasteiger partial charge in [-0.25, -0.2) is 4.79 Å². The molecule has 0 unspecified atom stereocenters. The molecule has 114 valence electrons. The second kappa shape index (κ2) is 6.25. The van der Waals surface area contributed by atoms with Gasteiger partial charge < -0.3 is 20.8 Å². The summed E-state index contributed by atoms with van der Waals surface area (Å²) in [5.41, 5.74) is -0.618. The van der Waals surface area contributed by atoms with Gasteiger partial charge in [-0.2, -0.15) is 0 Å². The van der Waals surface area contributed by atoms with Crippen LogP contribution in [0.3, 0.4) is 0 Å². The number of carboxylic acid groups (broad SMARTS) is 1. The van der Waals surface area contributed by atoms with Crippen LogP contribution in [0.25, 0.3) is 0 Å². The normalized spacial score (nSPS) is 10.8. The number of hydrogen-bond acceptors (Lipinski definition) is 4. The van der Waals surface area contributed by atoms with Crippen molar-refractivity contribution in [2.24, 2.45) is 5.41 Å². The van der Waals surface area contributed by atoms with Crippen molar-refractivity contribution in [1.29, 1.82) is 0 Å². The van der Waals surface area contributed by atoms with Crippen LogP contribution < -0.4 is 10.6 Å². The number of carbonyl (C=O) groups is 3. The number of phenolic OH excluding ortho intramolecular Hbond substituents is 1. The topological polar surface area (TPSA) is 116 Å². The highest BCUT2D eigenvalue weighted by Crippen LogP contribution is 2.24. The molecule has 0 spiro atoms. The van der Waals surface area contributed by atoms with Crippen LogP contribution in [0.2, 0.25) is 0 Å². The molecule has 0 saturated carbocycles. The molecule has 2 amide bonds. The van der Waals surface area contributed by atoms with E-state index in [9.17, 15) is 19.5 Å². The first-order chi connectivity index (χ1) is 9.61. The third kappa shape index (κ3) is 4.79. The van der Waals surface area contributed by atoms with Crippen molar-refractivity contribution < 1.29 is 24.6 Å². The summed E-state index contributed by atoms with van der Waals surface area (Å²) in [5.74, 6) is -2.33. The standard InChI is InChI=1S/C14H18N2O5/c1-14(2,3)13(21)15-7-11(18)16-9-5-4-8(12(19)20)6-10(9)17/h4-6,17H,7H2,1-3H3,(H,15,21)(H,16,18)(H,19,20). The molecule has 21 heavy (non-hydrogen) atoms. The second-order valence-electron chi connectivity index (χ2n) is 5.52. The molecule has 0 saturated heterocycles. The van der Waals surface area contributed by atoms with Crippen molar-refractivity contribution in [3.63, 3.8) is 0 Å². The quantitative estimate of drug-likeness (QED) is 0.622. The molecule has 1 aromatic carbocycles. The molecule has 0 radical (unpaired) electrons. The lowest BCUT2D eigenvalue weighted by molar-refractivity contribution is -0.130. The van der Waals surface area contributed by atoms with E-state index in [-0.39, 0.29) is 29.5 Å². The summed E-state index contributed by atoms with van der Waals surface area (Å²) in [6.07, 6.45) is 0. The molecular formula is C14H18N2O5. The van der Waals surface area contributed by atoms with Gasteiger partial charge in [0.25, 0.3) is 0 Å². The Balaban J connectivity index is 2.64. The van der Waals surface area contributed by atoms with Crippen LogP contribution in [0, 0.1) is 5.41 Å². The molecule has 0 bridgehead atoms. The first-order valence-electron chi connectivity index (χ1n) is 6.25. The van der Waals surface area contributed by atoms with Crippen LogP contribution in [0.5, 0.6) is 5.75 Å². The number of phenols is 1. The van der Waals surface area contributed by atoms with Crippen molar-refractivity contribution >= 4 is 23.5 Å². The SMILES string of the molecule is CC(C)(C)C(=O)NCC(=O)Nc1ccc(C(=O)O)cc1O. The zero-order valence-electron chi connectivity index (χ0n) is 12.1. The van der Waals surface area contributed by atoms with E-state index in [0.717, 1.165) is 6.07 Å². The highest BCUT2D eigenvalue weighted by atomic mass is 16.4. The maximum Gasteiger partial charge on any atom is 0.335 e. The fourth-order valence-electron chi connectivity index (χ4n) is 1.39. The lowest BCUT2D eigenvalue weighted by atomic mass is 9.96. The molecule has 7 nitrogen and oxygen atoms in total. The summed E-state index contributed by atoms with van der Waals surface area (Å²) in [6, 6.07) is 3.57. The van der Waals surface area contributed by atoms with E-state index in [2.05, 4.69) is 10.6 Å². The Hall–Kier alpha value is -2.57. The van der Waals surface area contributed by atoms with Crippen molar-refractivity contribution in [3.8, 4) is 5.75 Å². The van der Waals surface area contributed by atoms with Crippen molar-refractivity contribution in [2.45, 2.75) is 20.8 Å². The number of carbonyl (C=O) groups excluding carboxylic acids is 2. The fourth-order valence-corrected chi connectivity index (χ4v) is 1.39. The Morgan fingerprint density at radius 3 is 2.29 bits per heavy atom. The number of carboxylic acids is 1. The van der Waals surface area contributed by atoms with Gasteiger partial charge in [0, 0.05) is 5.41 Å². The molecule has 0 aromatic heterocycles. The van der Waals surface area contributed by atoms with E-state index in [0.29, 0.717) is 0 Å². The van der Waals surface area contributed by atoms with Crippen LogP contribution in [-0.4, -0.2) is 34.5 Å². The molecule has 1 rings (SSSR count). The van der Waals surface area contributed by atoms with E-state index in [1.54, 1.807) is 20.8 Å². The van der Waals surface area contributed by atoms with Gasteiger partial charge in [-0.05, 0) is 18.2 Å². The largest absolute Gasteiger partial charge is 0.506 e. The number of amides is 2. The van der Waals surface area contributed by atoms with E-state index >= 15 is 0 Å². The maximum atomic E-state index is 11.7. The van der Waals surface area contributed by atoms with Gasteiger partial charge in [0.1, 0.15) is 5.75 Å². The summed E-state index contributed by atoms with van der Waals surface area (Å²) in [5, 5.41) is 23.2. The Morgan fingerprint density at radius 2 is 1.81 bits per heavy atom. The average Bonchev–Trinajstić information content (AvgIpc) is 2.36. The number of hydrogen-bond donors (Lipinski definition) is 4. The maximum absolute atomic E-state index is 11.7. The van der Waals surface area contributed by atoms with Crippen LogP contribution >= 0.6 is 0 Å². The molecule has 0 heterocycles. The van der Waals surface area contributed by atoms with Gasteiger partial charge in [0.05, 0.1) is 17.8 Å². The third-order valence-corrected chi connectivity index (χ3v) is 2.61. The molecule has 0 fully saturated rings. The highest BCUT2D eigenvalue weighted by Gasteiger charge is 2.21. The fraction of sp³-hybridized carbons (Fsp3) is 0.357. The third-order valence-electron chi connectivity index (χ3n) is 2.61. The molecule has 7 heteroatoms. The van der Waals surface area contributed by atoms with Gasteiger partial charge in [-0.3, -0.25) is 9.59 Å². The van der Waals surface area contributed by atoms with Gasteiger partial charge >= 0.3 is 5.97 Å². The van der Waals surface area contributed by atoms with E-state index in [1.165, 1.54) is 12.1 Å². The lowest BCUT2D eigenvalue weighted by Crippen LogP contribution is -2.39. The van der Waals surface area contributed by atoms with Gasteiger partial charge in [0.15, 0.2) is 0 Å². The minimum atomic E-state index is -1.18. The summed E-state index contributed by atoms with van der Waals surface area (Å²) in [7, 11) is 0. The van der Waals surface area contributed by atoms with E-state index < -0.39 is 17.3 Å². The predicted molar refractivity (Wildman–Crippen MR) is 76.2 cm³/mol. The van der Waals surface area contributed by atoms with Crippen LogP contribution in [-0.2, 0) is 9.59 Å². The minimum Gasteiger partial charge on any atom is -0.506 e. The minimum absolute atomic E-state index is 0.0787. The second-order valence-corrected chi connectivity index (χ2v) is 5.52. The van der Waals surface area contributed by atoms with E-state index in [1.807, 2.05) is 0 Å². The van der Waals surface area contributed by atoms with Crippen LogP contribution in [0.1, 0.15) is 31.1 Å². The molecular weight excluding hydrogens is 276 g/mol. The number of rotatable bonds is 4. The number of anilines is 1. The summed E-state index contributed by atoms with van der Waals surface area (Å²) >= 11 is 0. The van der Waals surface area contributed by atoms with Crippen molar-refractivity contribution in [2.75, 3.05) is 11.9 Å². The molecule has 0 atom stereocenters. The smallest absolute Gasteiger partial charge is 0.335 e. The first kappa shape index (κ1) is 16.5. The molecule has 1 aromatic rings. The Bertz CT molecular complexity index is 575. The molecule has 0 aliphatic heterocycles. The summed E-state index contributed by atoms with van der Waals surface area (Å²) in [4.78, 5) is 34.0. The average molecular weight is 294 g/mol. The highest BCUT2D eigenvalue weighted by molar-refractivity contribution is 5.97. The van der Waals surface area contributed by atoms with Crippen molar-refractivity contribution in [3.05, 3.63) is 23.8 Å². The van der Waals surface area contributed by atoms with Gasteiger partial charge in [0.2, 0.25) is 11.8 Å². The molecule has 0 aliphatic carbocycles. The Labute approximate surface area is 122 Å². The predicted octanol–water partition coefficient (Wildman–Crippen LogP) is 1.19. The van der Waals surface area contributed by atoms with Crippen LogP contribution in [0.15, 0.2) is 18.2 Å². The van der Waals surface area contributed by atoms with Gasteiger partial charge in [-0.15, -0.1) is 0 Å². The zero-order chi connectivity index (χ0) is 16.2. The van der Waals surface area contributed by atoms with Crippen LogP contribution in [0.4, 0.5) is 5.69 Å². The monoisotopic (exact) mass is 294 g/mol. The molecule has 0 aliphatic rings. The summed E-state index contributed by atoms with van der Waals surface area (Å²) in [6.45, 7) is 4.92. The van der Waals surface area contributed by atoms with E-state index in [4.69, 9.17) is 5.11 Å². The number of aromatic hydroxyl groups is 1. The first-order valence-corrected chi connectivity index (χ1v) is 6.25. The number of aromatic carboxylic acids is 1. The number of nitrogens with one attached hydrogen (secondary N) is 2. The molecule has 4 N–H and O–H groups in total.